The minimum absolute atomic E-state index is 0.0342. The van der Waals surface area contributed by atoms with Crippen molar-refractivity contribution in [2.45, 2.75) is 58.0 Å². The number of hydrogen-bond donors (Lipinski definition) is 3. The monoisotopic (exact) mass is 516 g/mol. The molecule has 0 aliphatic rings. The molecule has 1 aromatic carbocycles. The number of amides is 1. The molecule has 3 aromatic heterocycles. The molecule has 196 valence electrons. The highest BCUT2D eigenvalue weighted by molar-refractivity contribution is 6.04. The van der Waals surface area contributed by atoms with Crippen LogP contribution in [0.1, 0.15) is 55.9 Å². The third kappa shape index (κ3) is 6.15. The Morgan fingerprint density at radius 2 is 1.78 bits per heavy atom. The number of aryl methyl sites for hydroxylation is 1. The summed E-state index contributed by atoms with van der Waals surface area (Å²) < 4.78 is 41.9. The number of hydrogen-bond acceptors (Lipinski definition) is 6. The number of alkyl halides is 3. The Bertz CT molecular complexity index is 1440. The molecule has 0 radical (unpaired) electrons. The number of aliphatic hydroxyl groups is 2. The Kier molecular flexibility index (Phi) is 6.59. The molecule has 3 N–H and O–H groups in total. The lowest BCUT2D eigenvalue weighted by molar-refractivity contribution is -0.141. The molecule has 0 spiro atoms. The zero-order valence-corrected chi connectivity index (χ0v) is 20.7. The molecule has 0 atom stereocenters. The summed E-state index contributed by atoms with van der Waals surface area (Å²) in [7, 11) is 0. The van der Waals surface area contributed by atoms with Crippen molar-refractivity contribution in [3.63, 3.8) is 0 Å². The summed E-state index contributed by atoms with van der Waals surface area (Å²) in [5.74, 6) is -0.608. The summed E-state index contributed by atoms with van der Waals surface area (Å²) in [6.07, 6.45) is 0.0374. The predicted octanol–water partition coefficient (Wildman–Crippen LogP) is 4.28. The molecule has 0 bridgehead atoms. The van der Waals surface area contributed by atoms with E-state index in [4.69, 9.17) is 0 Å². The van der Waals surface area contributed by atoms with Crippen molar-refractivity contribution < 1.29 is 28.2 Å². The fourth-order valence-corrected chi connectivity index (χ4v) is 3.73. The lowest BCUT2D eigenvalue weighted by atomic mass is 9.95. The van der Waals surface area contributed by atoms with Gasteiger partial charge in [-0.25, -0.2) is 4.68 Å². The van der Waals surface area contributed by atoms with Crippen LogP contribution >= 0.6 is 0 Å². The molecule has 0 aliphatic heterocycles. The van der Waals surface area contributed by atoms with Gasteiger partial charge in [-0.15, -0.1) is 0 Å². The maximum absolute atomic E-state index is 13.0. The van der Waals surface area contributed by atoms with Crippen molar-refractivity contribution in [3.05, 3.63) is 65.9 Å². The van der Waals surface area contributed by atoms with Crippen LogP contribution in [0.25, 0.3) is 16.6 Å². The number of nitrogens with one attached hydrogen (secondary N) is 1. The molecule has 4 rings (SSSR count). The minimum Gasteiger partial charge on any atom is -0.390 e. The van der Waals surface area contributed by atoms with Crippen molar-refractivity contribution in [3.8, 4) is 5.69 Å². The van der Waals surface area contributed by atoms with Gasteiger partial charge in [0.2, 0.25) is 0 Å². The Balaban J connectivity index is 1.62. The first kappa shape index (κ1) is 26.3. The number of benzene rings is 1. The second kappa shape index (κ2) is 9.27. The lowest BCUT2D eigenvalue weighted by Gasteiger charge is -2.22. The van der Waals surface area contributed by atoms with Crippen molar-refractivity contribution >= 4 is 22.5 Å². The van der Waals surface area contributed by atoms with Crippen LogP contribution in [0.2, 0.25) is 0 Å². The van der Waals surface area contributed by atoms with E-state index < -0.39 is 29.0 Å². The van der Waals surface area contributed by atoms with Crippen molar-refractivity contribution in [1.82, 2.24) is 24.5 Å². The van der Waals surface area contributed by atoms with Gasteiger partial charge in [-0.05, 0) is 64.4 Å². The Morgan fingerprint density at radius 3 is 2.43 bits per heavy atom. The predicted molar refractivity (Wildman–Crippen MR) is 130 cm³/mol. The van der Waals surface area contributed by atoms with Gasteiger partial charge < -0.3 is 15.5 Å². The molecule has 0 fully saturated rings. The van der Waals surface area contributed by atoms with Crippen LogP contribution in [0.4, 0.5) is 18.9 Å². The molecule has 9 nitrogen and oxygen atoms in total. The third-order valence-corrected chi connectivity index (χ3v) is 5.67. The van der Waals surface area contributed by atoms with Gasteiger partial charge in [-0.3, -0.25) is 14.5 Å². The number of rotatable bonds is 7. The van der Waals surface area contributed by atoms with Crippen molar-refractivity contribution in [2.75, 3.05) is 5.32 Å². The Morgan fingerprint density at radius 1 is 1.05 bits per heavy atom. The fraction of sp³-hybridized carbons (Fsp3) is 0.360. The van der Waals surface area contributed by atoms with Crippen LogP contribution < -0.4 is 5.32 Å². The molecule has 0 unspecified atom stereocenters. The molecule has 12 heteroatoms. The van der Waals surface area contributed by atoms with Crippen LogP contribution in [-0.4, -0.2) is 46.3 Å². The third-order valence-electron chi connectivity index (χ3n) is 5.67. The van der Waals surface area contributed by atoms with Crippen LogP contribution in [0.15, 0.2) is 48.9 Å². The molecule has 3 heterocycles. The summed E-state index contributed by atoms with van der Waals surface area (Å²) in [4.78, 5) is 16.3. The summed E-state index contributed by atoms with van der Waals surface area (Å²) >= 11 is 0. The number of anilines is 1. The van der Waals surface area contributed by atoms with E-state index in [1.807, 2.05) is 0 Å². The first-order valence-corrected chi connectivity index (χ1v) is 11.5. The standard InChI is InChI=1S/C25H27F3N6O3/c1-23(2,36)7-10-33-14-15-11-20(17(24(3,4)37)13-19(15)31-33)30-22(35)18-6-9-34(32-18)16-5-8-29-21(12-16)25(26,27)28/h5-6,8-9,11-14,36-37H,7,10H2,1-4H3,(H,30,35). The normalized spacial score (nSPS) is 12.8. The number of nitrogens with zero attached hydrogens (tertiary/aromatic N) is 5. The molecule has 37 heavy (non-hydrogen) atoms. The van der Waals surface area contributed by atoms with E-state index in [1.54, 1.807) is 50.7 Å². The molecule has 0 aliphatic carbocycles. The molecule has 0 saturated carbocycles. The summed E-state index contributed by atoms with van der Waals surface area (Å²) in [6, 6.07) is 6.92. The first-order valence-electron chi connectivity index (χ1n) is 11.5. The zero-order valence-electron chi connectivity index (χ0n) is 20.7. The van der Waals surface area contributed by atoms with Gasteiger partial charge in [0.05, 0.1) is 22.4 Å². The largest absolute Gasteiger partial charge is 0.433 e. The minimum atomic E-state index is -4.61. The second-order valence-electron chi connectivity index (χ2n) is 9.97. The molecular formula is C25H27F3N6O3. The van der Waals surface area contributed by atoms with Crippen LogP contribution in [0.5, 0.6) is 0 Å². The Hall–Kier alpha value is -3.77. The number of carbonyl (C=O) groups is 1. The van der Waals surface area contributed by atoms with E-state index in [0.717, 1.165) is 16.9 Å². The molecule has 1 amide bonds. The number of halogens is 3. The van der Waals surface area contributed by atoms with Crippen LogP contribution in [0, 0.1) is 0 Å². The summed E-state index contributed by atoms with van der Waals surface area (Å²) in [5, 5.41) is 32.8. The van der Waals surface area contributed by atoms with Gasteiger partial charge >= 0.3 is 6.18 Å². The highest BCUT2D eigenvalue weighted by Crippen LogP contribution is 2.32. The van der Waals surface area contributed by atoms with E-state index in [1.165, 1.54) is 18.3 Å². The van der Waals surface area contributed by atoms with Gasteiger partial charge in [0.1, 0.15) is 5.69 Å². The van der Waals surface area contributed by atoms with Crippen molar-refractivity contribution in [2.24, 2.45) is 0 Å². The average molecular weight is 517 g/mol. The smallest absolute Gasteiger partial charge is 0.390 e. The second-order valence-corrected chi connectivity index (χ2v) is 9.97. The van der Waals surface area contributed by atoms with E-state index in [-0.39, 0.29) is 11.4 Å². The highest BCUT2D eigenvalue weighted by atomic mass is 19.4. The number of carbonyl (C=O) groups excluding carboxylic acids is 1. The first-order chi connectivity index (χ1) is 17.1. The molecular weight excluding hydrogens is 489 g/mol. The zero-order chi connectivity index (χ0) is 27.2. The average Bonchev–Trinajstić information content (AvgIpc) is 3.42. The van der Waals surface area contributed by atoms with E-state index in [0.29, 0.717) is 35.1 Å². The molecule has 0 saturated heterocycles. The van der Waals surface area contributed by atoms with Gasteiger partial charge in [-0.2, -0.15) is 23.4 Å². The number of pyridine rings is 1. The highest BCUT2D eigenvalue weighted by Gasteiger charge is 2.32. The van der Waals surface area contributed by atoms with Gasteiger partial charge in [0, 0.05) is 41.8 Å². The van der Waals surface area contributed by atoms with Crippen LogP contribution in [-0.2, 0) is 18.3 Å². The summed E-state index contributed by atoms with van der Waals surface area (Å²) in [6.45, 7) is 7.04. The number of fused-ring (bicyclic) bond motifs is 1. The maximum atomic E-state index is 13.0. The van der Waals surface area contributed by atoms with E-state index in [2.05, 4.69) is 20.5 Å². The topological polar surface area (TPSA) is 118 Å². The molecule has 4 aromatic rings. The van der Waals surface area contributed by atoms with Crippen molar-refractivity contribution in [1.29, 1.82) is 0 Å². The SMILES string of the molecule is CC(C)(O)CCn1cc2cc(NC(=O)c3ccn(-c4ccnc(C(F)(F)F)c4)n3)c(C(C)(C)O)cc2n1. The Labute approximate surface area is 210 Å². The van der Waals surface area contributed by atoms with E-state index >= 15 is 0 Å². The van der Waals surface area contributed by atoms with Gasteiger partial charge in [0.15, 0.2) is 5.69 Å². The number of aromatic nitrogens is 5. The summed E-state index contributed by atoms with van der Waals surface area (Å²) in [5.41, 5.74) is -1.83. The van der Waals surface area contributed by atoms with E-state index in [9.17, 15) is 28.2 Å². The van der Waals surface area contributed by atoms with Gasteiger partial charge in [0.25, 0.3) is 5.91 Å². The lowest BCUT2D eigenvalue weighted by Crippen LogP contribution is -2.21. The van der Waals surface area contributed by atoms with Crippen LogP contribution in [0.3, 0.4) is 0 Å². The maximum Gasteiger partial charge on any atom is 0.433 e. The quantitative estimate of drug-likeness (QED) is 0.338. The fourth-order valence-electron chi connectivity index (χ4n) is 3.73. The van der Waals surface area contributed by atoms with Gasteiger partial charge in [-0.1, -0.05) is 0 Å².